The minimum Gasteiger partial charge on any atom is -0.465 e. The van der Waals surface area contributed by atoms with Crippen LogP contribution in [0.5, 0.6) is 0 Å². The number of hydrogen-bond acceptors (Lipinski definition) is 6. The van der Waals surface area contributed by atoms with Crippen molar-refractivity contribution in [3.05, 3.63) is 12.2 Å². The molecule has 0 radical (unpaired) electrons. The molecule has 0 aliphatic carbocycles. The van der Waals surface area contributed by atoms with E-state index >= 15 is 0 Å². The minimum atomic E-state index is -0.702. The molecule has 0 aromatic heterocycles. The molecular weight excluding hydrogens is 348 g/mol. The van der Waals surface area contributed by atoms with Crippen LogP contribution >= 0.6 is 0 Å². The summed E-state index contributed by atoms with van der Waals surface area (Å²) >= 11 is 0. The fourth-order valence-corrected chi connectivity index (χ4v) is 2.26. The van der Waals surface area contributed by atoms with Crippen LogP contribution in [0.4, 0.5) is 0 Å². The fraction of sp³-hybridized carbons (Fsp3) is 0.762. The molecule has 0 aromatic carbocycles. The molecule has 6 heteroatoms. The first kappa shape index (κ1) is 25.1. The van der Waals surface area contributed by atoms with E-state index in [1.807, 2.05) is 0 Å². The van der Waals surface area contributed by atoms with Gasteiger partial charge in [-0.05, 0) is 27.2 Å². The summed E-state index contributed by atoms with van der Waals surface area (Å²) in [6, 6.07) is 0. The number of ether oxygens (including phenoxy) is 3. The van der Waals surface area contributed by atoms with Crippen LogP contribution in [0.15, 0.2) is 12.2 Å². The summed E-state index contributed by atoms with van der Waals surface area (Å²) in [6.45, 7) is 11.3. The number of hydrogen-bond donors (Lipinski definition) is 0. The van der Waals surface area contributed by atoms with Crippen molar-refractivity contribution in [2.45, 2.75) is 91.1 Å². The van der Waals surface area contributed by atoms with E-state index in [4.69, 9.17) is 14.2 Å². The van der Waals surface area contributed by atoms with E-state index in [9.17, 15) is 14.4 Å². The van der Waals surface area contributed by atoms with Crippen LogP contribution < -0.4 is 0 Å². The van der Waals surface area contributed by atoms with Crippen molar-refractivity contribution in [3.63, 3.8) is 0 Å². The second-order valence-electron chi connectivity index (χ2n) is 7.59. The van der Waals surface area contributed by atoms with E-state index < -0.39 is 23.5 Å². The SMILES string of the molecule is C=C(CC(=O)OCCCCCCCCC)C(=O)OCCC(=O)OC(C)(C)C. The van der Waals surface area contributed by atoms with Crippen LogP contribution in [0.2, 0.25) is 0 Å². The number of carbonyl (C=O) groups excluding carboxylic acids is 3. The molecule has 0 aromatic rings. The molecular formula is C21H36O6. The molecule has 0 fully saturated rings. The standard InChI is InChI=1S/C21H36O6/c1-6-7-8-9-10-11-12-14-25-19(23)16-17(2)20(24)26-15-13-18(22)27-21(3,4)5/h2,6-16H2,1,3-5H3. The molecule has 0 saturated carbocycles. The molecule has 0 amide bonds. The first-order chi connectivity index (χ1) is 12.7. The molecule has 0 aliphatic heterocycles. The molecule has 0 atom stereocenters. The smallest absolute Gasteiger partial charge is 0.334 e. The van der Waals surface area contributed by atoms with Crippen molar-refractivity contribution >= 4 is 17.9 Å². The van der Waals surface area contributed by atoms with Gasteiger partial charge in [-0.1, -0.05) is 52.0 Å². The molecule has 0 spiro atoms. The Balaban J connectivity index is 3.78. The van der Waals surface area contributed by atoms with Crippen LogP contribution in [0.1, 0.15) is 85.5 Å². The molecule has 0 N–H and O–H groups in total. The lowest BCUT2D eigenvalue weighted by Crippen LogP contribution is -2.25. The zero-order valence-corrected chi connectivity index (χ0v) is 17.4. The zero-order valence-electron chi connectivity index (χ0n) is 17.4. The zero-order chi connectivity index (χ0) is 20.7. The van der Waals surface area contributed by atoms with E-state index in [-0.39, 0.29) is 25.0 Å². The van der Waals surface area contributed by atoms with Crippen molar-refractivity contribution in [1.82, 2.24) is 0 Å². The average Bonchev–Trinajstić information content (AvgIpc) is 2.55. The third-order valence-electron chi connectivity index (χ3n) is 3.62. The van der Waals surface area contributed by atoms with Gasteiger partial charge in [0.15, 0.2) is 0 Å². The molecule has 27 heavy (non-hydrogen) atoms. The summed E-state index contributed by atoms with van der Waals surface area (Å²) in [5.74, 6) is -1.64. The first-order valence-corrected chi connectivity index (χ1v) is 9.88. The van der Waals surface area contributed by atoms with Crippen molar-refractivity contribution in [3.8, 4) is 0 Å². The number of carbonyl (C=O) groups is 3. The second-order valence-corrected chi connectivity index (χ2v) is 7.59. The summed E-state index contributed by atoms with van der Waals surface area (Å²) in [5.41, 5.74) is -0.562. The summed E-state index contributed by atoms with van der Waals surface area (Å²) in [7, 11) is 0. The van der Waals surface area contributed by atoms with E-state index in [2.05, 4.69) is 13.5 Å². The van der Waals surface area contributed by atoms with E-state index in [1.54, 1.807) is 20.8 Å². The van der Waals surface area contributed by atoms with Gasteiger partial charge < -0.3 is 14.2 Å². The lowest BCUT2D eigenvalue weighted by Gasteiger charge is -2.19. The van der Waals surface area contributed by atoms with Gasteiger partial charge in [-0.15, -0.1) is 0 Å². The van der Waals surface area contributed by atoms with Gasteiger partial charge in [0.2, 0.25) is 0 Å². The largest absolute Gasteiger partial charge is 0.465 e. The molecule has 0 saturated heterocycles. The highest BCUT2D eigenvalue weighted by atomic mass is 16.6. The fourth-order valence-electron chi connectivity index (χ4n) is 2.26. The second kappa shape index (κ2) is 14.2. The predicted octanol–water partition coefficient (Wildman–Crippen LogP) is 4.50. The highest BCUT2D eigenvalue weighted by Gasteiger charge is 2.18. The molecule has 156 valence electrons. The molecule has 6 nitrogen and oxygen atoms in total. The Morgan fingerprint density at radius 3 is 2.00 bits per heavy atom. The normalized spacial score (nSPS) is 11.0. The van der Waals surface area contributed by atoms with Crippen molar-refractivity contribution in [2.24, 2.45) is 0 Å². The van der Waals surface area contributed by atoms with Gasteiger partial charge in [-0.25, -0.2) is 4.79 Å². The van der Waals surface area contributed by atoms with Gasteiger partial charge in [-0.2, -0.15) is 0 Å². The van der Waals surface area contributed by atoms with Crippen LogP contribution in [-0.4, -0.2) is 36.7 Å². The van der Waals surface area contributed by atoms with Gasteiger partial charge in [0.25, 0.3) is 0 Å². The van der Waals surface area contributed by atoms with Crippen LogP contribution in [0.25, 0.3) is 0 Å². The minimum absolute atomic E-state index is 0.0174. The Kier molecular flexibility index (Phi) is 13.3. The average molecular weight is 385 g/mol. The van der Waals surface area contributed by atoms with E-state index in [0.29, 0.717) is 6.61 Å². The Morgan fingerprint density at radius 2 is 1.41 bits per heavy atom. The third kappa shape index (κ3) is 16.1. The number of esters is 3. The van der Waals surface area contributed by atoms with Gasteiger partial charge in [-0.3, -0.25) is 9.59 Å². The Labute approximate surface area is 163 Å². The monoisotopic (exact) mass is 384 g/mol. The van der Waals surface area contributed by atoms with Gasteiger partial charge in [0, 0.05) is 5.57 Å². The summed E-state index contributed by atoms with van der Waals surface area (Å²) in [6.07, 6.45) is 7.72. The highest BCUT2D eigenvalue weighted by molar-refractivity contribution is 5.93. The number of rotatable bonds is 14. The van der Waals surface area contributed by atoms with Crippen LogP contribution in [0, 0.1) is 0 Å². The Morgan fingerprint density at radius 1 is 0.815 bits per heavy atom. The maximum Gasteiger partial charge on any atom is 0.334 e. The van der Waals surface area contributed by atoms with E-state index in [1.165, 1.54) is 25.7 Å². The summed E-state index contributed by atoms with van der Waals surface area (Å²) < 4.78 is 15.1. The van der Waals surface area contributed by atoms with Crippen molar-refractivity contribution < 1.29 is 28.6 Å². The van der Waals surface area contributed by atoms with Crippen LogP contribution in [-0.2, 0) is 28.6 Å². The molecule has 0 aliphatic rings. The maximum absolute atomic E-state index is 11.8. The maximum atomic E-state index is 11.8. The molecule has 0 rings (SSSR count). The Hall–Kier alpha value is -1.85. The quantitative estimate of drug-likeness (QED) is 0.190. The lowest BCUT2D eigenvalue weighted by atomic mass is 10.1. The molecule has 0 unspecified atom stereocenters. The molecule has 0 bridgehead atoms. The summed E-state index contributed by atoms with van der Waals surface area (Å²) in [5, 5.41) is 0. The van der Waals surface area contributed by atoms with Crippen molar-refractivity contribution in [1.29, 1.82) is 0 Å². The van der Waals surface area contributed by atoms with Crippen LogP contribution in [0.3, 0.4) is 0 Å². The van der Waals surface area contributed by atoms with Gasteiger partial charge in [0.1, 0.15) is 12.2 Å². The third-order valence-corrected chi connectivity index (χ3v) is 3.62. The van der Waals surface area contributed by atoms with Gasteiger partial charge in [0.05, 0.1) is 19.4 Å². The lowest BCUT2D eigenvalue weighted by molar-refractivity contribution is -0.157. The first-order valence-electron chi connectivity index (χ1n) is 9.88. The Bertz CT molecular complexity index is 476. The number of unbranched alkanes of at least 4 members (excludes halogenated alkanes) is 6. The molecule has 0 heterocycles. The topological polar surface area (TPSA) is 78.9 Å². The van der Waals surface area contributed by atoms with Crippen molar-refractivity contribution in [2.75, 3.05) is 13.2 Å². The van der Waals surface area contributed by atoms with E-state index in [0.717, 1.165) is 19.3 Å². The van der Waals surface area contributed by atoms with Gasteiger partial charge >= 0.3 is 17.9 Å². The highest BCUT2D eigenvalue weighted by Crippen LogP contribution is 2.10. The summed E-state index contributed by atoms with van der Waals surface area (Å²) in [4.78, 5) is 35.0. The predicted molar refractivity (Wildman–Crippen MR) is 104 cm³/mol.